The van der Waals surface area contributed by atoms with Crippen LogP contribution >= 0.6 is 0 Å². The Morgan fingerprint density at radius 2 is 2.23 bits per heavy atom. The first-order chi connectivity index (χ1) is 5.98. The van der Waals surface area contributed by atoms with Crippen LogP contribution in [-0.4, -0.2) is 11.2 Å². The summed E-state index contributed by atoms with van der Waals surface area (Å²) in [4.78, 5) is 0. The molecule has 0 bridgehead atoms. The van der Waals surface area contributed by atoms with Crippen molar-refractivity contribution in [3.05, 3.63) is 11.6 Å². The summed E-state index contributed by atoms with van der Waals surface area (Å²) < 4.78 is 0. The van der Waals surface area contributed by atoms with Gasteiger partial charge in [-0.15, -0.1) is 0 Å². The molecule has 1 aliphatic carbocycles. The fourth-order valence-corrected chi connectivity index (χ4v) is 2.08. The quantitative estimate of drug-likeness (QED) is 0.665. The maximum absolute atomic E-state index is 9.61. The van der Waals surface area contributed by atoms with Crippen molar-refractivity contribution in [2.75, 3.05) is 0 Å². The van der Waals surface area contributed by atoms with Crippen LogP contribution < -0.4 is 0 Å². The molecule has 2 unspecified atom stereocenters. The molecule has 13 heavy (non-hydrogen) atoms. The van der Waals surface area contributed by atoms with Crippen molar-refractivity contribution >= 4 is 0 Å². The summed E-state index contributed by atoms with van der Waals surface area (Å²) in [7, 11) is 0. The molecule has 0 heterocycles. The van der Waals surface area contributed by atoms with Gasteiger partial charge in [-0.05, 0) is 37.5 Å². The van der Waals surface area contributed by atoms with E-state index in [9.17, 15) is 5.11 Å². The van der Waals surface area contributed by atoms with Crippen LogP contribution in [0.4, 0.5) is 0 Å². The molecular weight excluding hydrogens is 160 g/mol. The minimum atomic E-state index is -0.108. The van der Waals surface area contributed by atoms with Crippen LogP contribution in [-0.2, 0) is 0 Å². The van der Waals surface area contributed by atoms with Gasteiger partial charge in [0.15, 0.2) is 0 Å². The Hall–Kier alpha value is -0.300. The second kappa shape index (κ2) is 3.83. The van der Waals surface area contributed by atoms with E-state index in [1.807, 2.05) is 6.92 Å². The van der Waals surface area contributed by atoms with Crippen LogP contribution in [0.25, 0.3) is 0 Å². The Labute approximate surface area is 81.9 Å². The molecule has 1 aliphatic rings. The predicted octanol–water partition coefficient (Wildman–Crippen LogP) is 3.14. The molecule has 0 radical (unpaired) electrons. The fraction of sp³-hybridized carbons (Fsp3) is 0.833. The molecule has 0 aliphatic heterocycles. The van der Waals surface area contributed by atoms with Crippen LogP contribution in [0, 0.1) is 11.3 Å². The molecule has 0 aromatic carbocycles. The highest BCUT2D eigenvalue weighted by molar-refractivity contribution is 5.18. The van der Waals surface area contributed by atoms with Crippen molar-refractivity contribution in [2.45, 2.75) is 53.1 Å². The minimum Gasteiger partial charge on any atom is -0.393 e. The fourth-order valence-electron chi connectivity index (χ4n) is 2.08. The van der Waals surface area contributed by atoms with E-state index in [0.717, 1.165) is 19.3 Å². The average molecular weight is 182 g/mol. The van der Waals surface area contributed by atoms with E-state index in [1.54, 1.807) is 0 Å². The molecule has 1 rings (SSSR count). The Bertz CT molecular complexity index is 203. The third-order valence-corrected chi connectivity index (χ3v) is 3.77. The van der Waals surface area contributed by atoms with Crippen LogP contribution in [0.2, 0.25) is 0 Å². The third kappa shape index (κ3) is 2.14. The van der Waals surface area contributed by atoms with Gasteiger partial charge >= 0.3 is 0 Å². The van der Waals surface area contributed by atoms with Gasteiger partial charge in [0.2, 0.25) is 0 Å². The molecule has 0 fully saturated rings. The maximum Gasteiger partial charge on any atom is 0.0540 e. The van der Waals surface area contributed by atoms with Crippen LogP contribution in [0.1, 0.15) is 47.0 Å². The van der Waals surface area contributed by atoms with E-state index in [0.29, 0.717) is 11.3 Å². The summed E-state index contributed by atoms with van der Waals surface area (Å²) in [5.74, 6) is 0.641. The lowest BCUT2D eigenvalue weighted by Gasteiger charge is -2.31. The van der Waals surface area contributed by atoms with Gasteiger partial charge in [-0.3, -0.25) is 0 Å². The average Bonchev–Trinajstić information content (AvgIpc) is 2.31. The Kier molecular flexibility index (Phi) is 3.18. The summed E-state index contributed by atoms with van der Waals surface area (Å²) in [6, 6.07) is 0. The Morgan fingerprint density at radius 3 is 2.62 bits per heavy atom. The molecule has 1 nitrogen and oxygen atoms in total. The highest BCUT2D eigenvalue weighted by Gasteiger charge is 2.35. The van der Waals surface area contributed by atoms with Crippen molar-refractivity contribution in [3.63, 3.8) is 0 Å². The van der Waals surface area contributed by atoms with Crippen molar-refractivity contribution in [1.29, 1.82) is 0 Å². The second-order valence-electron chi connectivity index (χ2n) is 4.84. The van der Waals surface area contributed by atoms with Crippen molar-refractivity contribution in [1.82, 2.24) is 0 Å². The van der Waals surface area contributed by atoms with Gasteiger partial charge in [0.05, 0.1) is 6.10 Å². The zero-order valence-electron chi connectivity index (χ0n) is 9.30. The molecule has 0 aromatic rings. The highest BCUT2D eigenvalue weighted by atomic mass is 16.3. The maximum atomic E-state index is 9.61. The van der Waals surface area contributed by atoms with Gasteiger partial charge in [0, 0.05) is 0 Å². The number of aliphatic hydroxyl groups excluding tert-OH is 1. The van der Waals surface area contributed by atoms with E-state index in [4.69, 9.17) is 0 Å². The lowest BCUT2D eigenvalue weighted by molar-refractivity contribution is 0.112. The molecule has 0 saturated heterocycles. The number of hydrogen-bond donors (Lipinski definition) is 1. The first kappa shape index (κ1) is 10.8. The van der Waals surface area contributed by atoms with E-state index in [-0.39, 0.29) is 6.10 Å². The van der Waals surface area contributed by atoms with Gasteiger partial charge in [0.1, 0.15) is 0 Å². The Morgan fingerprint density at radius 1 is 1.62 bits per heavy atom. The number of rotatable bonds is 3. The summed E-state index contributed by atoms with van der Waals surface area (Å²) in [5.41, 5.74) is 1.79. The van der Waals surface area contributed by atoms with Gasteiger partial charge in [-0.25, -0.2) is 0 Å². The lowest BCUT2D eigenvalue weighted by atomic mass is 9.75. The summed E-state index contributed by atoms with van der Waals surface area (Å²) in [6.45, 7) is 8.84. The molecule has 0 aromatic heterocycles. The smallest absolute Gasteiger partial charge is 0.0540 e. The molecule has 1 heteroatoms. The molecule has 76 valence electrons. The van der Waals surface area contributed by atoms with Crippen molar-refractivity contribution in [3.8, 4) is 0 Å². The first-order valence-corrected chi connectivity index (χ1v) is 5.33. The molecular formula is C12H22O. The third-order valence-electron chi connectivity index (χ3n) is 3.77. The monoisotopic (exact) mass is 182 g/mol. The zero-order chi connectivity index (χ0) is 10.1. The van der Waals surface area contributed by atoms with Crippen LogP contribution in [0.5, 0.6) is 0 Å². The number of aliphatic hydroxyl groups is 1. The largest absolute Gasteiger partial charge is 0.393 e. The van der Waals surface area contributed by atoms with Crippen molar-refractivity contribution in [2.24, 2.45) is 11.3 Å². The van der Waals surface area contributed by atoms with Crippen molar-refractivity contribution < 1.29 is 5.11 Å². The predicted molar refractivity (Wildman–Crippen MR) is 56.6 cm³/mol. The normalized spacial score (nSPS) is 28.7. The molecule has 0 spiro atoms. The summed E-state index contributed by atoms with van der Waals surface area (Å²) in [6.07, 6.45) is 5.20. The topological polar surface area (TPSA) is 20.2 Å². The van der Waals surface area contributed by atoms with E-state index in [2.05, 4.69) is 26.8 Å². The van der Waals surface area contributed by atoms with E-state index < -0.39 is 0 Å². The minimum absolute atomic E-state index is 0.108. The highest BCUT2D eigenvalue weighted by Crippen LogP contribution is 2.45. The summed E-state index contributed by atoms with van der Waals surface area (Å²) in [5, 5.41) is 9.61. The van der Waals surface area contributed by atoms with E-state index in [1.165, 1.54) is 5.57 Å². The zero-order valence-corrected chi connectivity index (χ0v) is 9.30. The number of allylic oxidation sites excluding steroid dienone is 2. The number of hydrogen-bond acceptors (Lipinski definition) is 1. The standard InChI is InChI=1S/C12H22O/c1-5-11(13)8-10-7-6-9(2)12(10,3)4/h6,10-11,13H,5,7-8H2,1-4H3. The van der Waals surface area contributed by atoms with Gasteiger partial charge < -0.3 is 5.11 Å². The second-order valence-corrected chi connectivity index (χ2v) is 4.84. The summed E-state index contributed by atoms with van der Waals surface area (Å²) >= 11 is 0. The van der Waals surface area contributed by atoms with Gasteiger partial charge in [0.25, 0.3) is 0 Å². The van der Waals surface area contributed by atoms with Crippen LogP contribution in [0.15, 0.2) is 11.6 Å². The SMILES string of the molecule is CCC(O)CC1CC=C(C)C1(C)C. The van der Waals surface area contributed by atoms with E-state index >= 15 is 0 Å². The molecule has 0 amide bonds. The van der Waals surface area contributed by atoms with Crippen LogP contribution in [0.3, 0.4) is 0 Å². The first-order valence-electron chi connectivity index (χ1n) is 5.33. The molecule has 0 saturated carbocycles. The molecule has 2 atom stereocenters. The Balaban J connectivity index is 2.56. The molecule has 1 N–H and O–H groups in total. The van der Waals surface area contributed by atoms with Gasteiger partial charge in [-0.1, -0.05) is 32.4 Å². The lowest BCUT2D eigenvalue weighted by Crippen LogP contribution is -2.24. The van der Waals surface area contributed by atoms with Gasteiger partial charge in [-0.2, -0.15) is 0 Å².